The van der Waals surface area contributed by atoms with Crippen LogP contribution in [0.2, 0.25) is 0 Å². The lowest BCUT2D eigenvalue weighted by atomic mass is 10.1. The van der Waals surface area contributed by atoms with Crippen molar-refractivity contribution < 1.29 is 9.53 Å². The fraction of sp³-hybridized carbons (Fsp3) is 0.130. The van der Waals surface area contributed by atoms with Crippen LogP contribution in [0.1, 0.15) is 18.9 Å². The predicted molar refractivity (Wildman–Crippen MR) is 122 cm³/mol. The zero-order chi connectivity index (χ0) is 19.5. The number of nitrogens with zero attached hydrogens (tertiary/aromatic N) is 1. The lowest BCUT2D eigenvalue weighted by molar-refractivity contribution is -0.113. The Kier molecular flexibility index (Phi) is 5.46. The zero-order valence-electron chi connectivity index (χ0n) is 15.4. The third kappa shape index (κ3) is 3.68. The van der Waals surface area contributed by atoms with Crippen LogP contribution in [0, 0.1) is 0 Å². The fourth-order valence-electron chi connectivity index (χ4n) is 3.11. The van der Waals surface area contributed by atoms with Crippen molar-refractivity contribution in [2.45, 2.75) is 13.3 Å². The van der Waals surface area contributed by atoms with E-state index in [4.69, 9.17) is 17.0 Å². The summed E-state index contributed by atoms with van der Waals surface area (Å²) in [5, 5.41) is 2.10. The van der Waals surface area contributed by atoms with Gasteiger partial charge in [0.05, 0.1) is 17.2 Å². The number of carbonyl (C=O) groups is 1. The molecule has 0 N–H and O–H groups in total. The van der Waals surface area contributed by atoms with Gasteiger partial charge in [-0.25, -0.2) is 0 Å². The molecule has 1 amide bonds. The predicted octanol–water partition coefficient (Wildman–Crippen LogP) is 6.03. The maximum absolute atomic E-state index is 13.1. The first-order chi connectivity index (χ1) is 13.7. The van der Waals surface area contributed by atoms with Crippen molar-refractivity contribution in [3.05, 3.63) is 77.2 Å². The van der Waals surface area contributed by atoms with Crippen LogP contribution in [0.15, 0.2) is 71.6 Å². The van der Waals surface area contributed by atoms with Crippen molar-refractivity contribution in [2.75, 3.05) is 11.5 Å². The number of hydrogen-bond acceptors (Lipinski definition) is 4. The van der Waals surface area contributed by atoms with Gasteiger partial charge in [0.2, 0.25) is 0 Å². The summed E-state index contributed by atoms with van der Waals surface area (Å²) in [4.78, 5) is 15.4. The minimum Gasteiger partial charge on any atom is -0.494 e. The standard InChI is InChI=1S/C23H19NO2S2/c1-2-14-26-18-12-10-16(11-13-18)15-21-22(25)24(23(27)28-21)20-9-5-7-17-6-3-4-8-19(17)20/h3-13,15H,2,14H2,1H3/b21-15+. The van der Waals surface area contributed by atoms with Crippen molar-refractivity contribution in [1.82, 2.24) is 0 Å². The number of fused-ring (bicyclic) bond motifs is 1. The van der Waals surface area contributed by atoms with E-state index in [0.29, 0.717) is 15.8 Å². The maximum atomic E-state index is 13.1. The molecule has 0 spiro atoms. The minimum atomic E-state index is -0.0855. The summed E-state index contributed by atoms with van der Waals surface area (Å²) in [6.07, 6.45) is 2.85. The van der Waals surface area contributed by atoms with E-state index in [1.807, 2.05) is 72.8 Å². The molecule has 1 saturated heterocycles. The highest BCUT2D eigenvalue weighted by Gasteiger charge is 2.34. The first-order valence-electron chi connectivity index (χ1n) is 9.16. The molecule has 1 heterocycles. The average molecular weight is 406 g/mol. The summed E-state index contributed by atoms with van der Waals surface area (Å²) in [5.41, 5.74) is 1.77. The Balaban J connectivity index is 1.63. The molecular formula is C23H19NO2S2. The van der Waals surface area contributed by atoms with Crippen LogP contribution < -0.4 is 9.64 Å². The van der Waals surface area contributed by atoms with E-state index in [9.17, 15) is 4.79 Å². The van der Waals surface area contributed by atoms with Gasteiger partial charge >= 0.3 is 0 Å². The number of hydrogen-bond donors (Lipinski definition) is 0. The fourth-order valence-corrected chi connectivity index (χ4v) is 4.40. The van der Waals surface area contributed by atoms with Gasteiger partial charge in [-0.15, -0.1) is 0 Å². The Morgan fingerprint density at radius 1 is 1.04 bits per heavy atom. The van der Waals surface area contributed by atoms with E-state index in [2.05, 4.69) is 6.92 Å². The molecule has 0 aromatic heterocycles. The van der Waals surface area contributed by atoms with Crippen LogP contribution in [-0.4, -0.2) is 16.8 Å². The molecule has 4 rings (SSSR count). The molecule has 0 aliphatic carbocycles. The Morgan fingerprint density at radius 2 is 1.79 bits per heavy atom. The van der Waals surface area contributed by atoms with E-state index in [1.54, 1.807) is 4.90 Å². The monoisotopic (exact) mass is 405 g/mol. The smallest absolute Gasteiger partial charge is 0.270 e. The molecule has 28 heavy (non-hydrogen) atoms. The molecule has 1 fully saturated rings. The van der Waals surface area contributed by atoms with Crippen LogP contribution >= 0.6 is 24.0 Å². The summed E-state index contributed by atoms with van der Waals surface area (Å²) in [5.74, 6) is 0.750. The SMILES string of the molecule is CCCOc1ccc(/C=C2/SC(=S)N(c3cccc4ccccc34)C2=O)cc1. The lowest BCUT2D eigenvalue weighted by Gasteiger charge is -2.17. The second-order valence-electron chi connectivity index (χ2n) is 6.43. The number of ether oxygens (including phenoxy) is 1. The topological polar surface area (TPSA) is 29.5 Å². The third-order valence-electron chi connectivity index (χ3n) is 4.45. The van der Waals surface area contributed by atoms with Crippen molar-refractivity contribution in [2.24, 2.45) is 0 Å². The van der Waals surface area contributed by atoms with Crippen LogP contribution in [0.5, 0.6) is 5.75 Å². The van der Waals surface area contributed by atoms with Gasteiger partial charge in [-0.3, -0.25) is 9.69 Å². The highest BCUT2D eigenvalue weighted by Crippen LogP contribution is 2.38. The Hall–Kier alpha value is -2.63. The summed E-state index contributed by atoms with van der Waals surface area (Å²) >= 11 is 6.87. The number of carbonyl (C=O) groups excluding carboxylic acids is 1. The van der Waals surface area contributed by atoms with E-state index < -0.39 is 0 Å². The van der Waals surface area contributed by atoms with Crippen LogP contribution in [-0.2, 0) is 4.79 Å². The number of thioether (sulfide) groups is 1. The van der Waals surface area contributed by atoms with E-state index in [-0.39, 0.29) is 5.91 Å². The number of thiocarbonyl (C=S) groups is 1. The second kappa shape index (κ2) is 8.17. The molecule has 140 valence electrons. The van der Waals surface area contributed by atoms with Crippen molar-refractivity contribution in [1.29, 1.82) is 0 Å². The summed E-state index contributed by atoms with van der Waals surface area (Å²) in [7, 11) is 0. The van der Waals surface area contributed by atoms with Gasteiger partial charge in [0.25, 0.3) is 5.91 Å². The molecule has 3 aromatic carbocycles. The highest BCUT2D eigenvalue weighted by atomic mass is 32.2. The first kappa shape index (κ1) is 18.7. The summed E-state index contributed by atoms with van der Waals surface area (Å²) < 4.78 is 6.16. The Labute approximate surface area is 174 Å². The summed E-state index contributed by atoms with van der Waals surface area (Å²) in [6, 6.07) is 21.7. The number of amides is 1. The molecule has 0 unspecified atom stereocenters. The molecule has 0 saturated carbocycles. The third-order valence-corrected chi connectivity index (χ3v) is 5.75. The highest BCUT2D eigenvalue weighted by molar-refractivity contribution is 8.27. The van der Waals surface area contributed by atoms with Gasteiger partial charge in [0.15, 0.2) is 4.32 Å². The van der Waals surface area contributed by atoms with Crippen molar-refractivity contribution >= 4 is 56.7 Å². The molecule has 0 radical (unpaired) electrons. The second-order valence-corrected chi connectivity index (χ2v) is 8.11. The number of rotatable bonds is 5. The van der Waals surface area contributed by atoms with Gasteiger partial charge in [-0.2, -0.15) is 0 Å². The molecule has 1 aliphatic heterocycles. The van der Waals surface area contributed by atoms with Gasteiger partial charge in [0, 0.05) is 5.39 Å². The molecule has 3 aromatic rings. The van der Waals surface area contributed by atoms with E-state index >= 15 is 0 Å². The summed E-state index contributed by atoms with van der Waals surface area (Å²) in [6.45, 7) is 2.77. The largest absolute Gasteiger partial charge is 0.494 e. The van der Waals surface area contributed by atoms with Gasteiger partial charge in [-0.05, 0) is 41.6 Å². The van der Waals surface area contributed by atoms with Crippen molar-refractivity contribution in [3.63, 3.8) is 0 Å². The van der Waals surface area contributed by atoms with Crippen LogP contribution in [0.25, 0.3) is 16.8 Å². The van der Waals surface area contributed by atoms with Crippen molar-refractivity contribution in [3.8, 4) is 5.75 Å². The Bertz CT molecular complexity index is 1070. The van der Waals surface area contributed by atoms with E-state index in [0.717, 1.165) is 34.2 Å². The molecule has 0 bridgehead atoms. The van der Waals surface area contributed by atoms with Gasteiger partial charge in [-0.1, -0.05) is 79.4 Å². The zero-order valence-corrected chi connectivity index (χ0v) is 17.1. The first-order valence-corrected chi connectivity index (χ1v) is 10.4. The molecule has 1 aliphatic rings. The van der Waals surface area contributed by atoms with E-state index in [1.165, 1.54) is 11.8 Å². The average Bonchev–Trinajstić information content (AvgIpc) is 3.00. The quantitative estimate of drug-likeness (QED) is 0.383. The van der Waals surface area contributed by atoms with Crippen LogP contribution in [0.3, 0.4) is 0 Å². The lowest BCUT2D eigenvalue weighted by Crippen LogP contribution is -2.27. The molecule has 3 nitrogen and oxygen atoms in total. The Morgan fingerprint density at radius 3 is 2.57 bits per heavy atom. The molecule has 0 atom stereocenters. The molecular weight excluding hydrogens is 386 g/mol. The number of anilines is 1. The van der Waals surface area contributed by atoms with Gasteiger partial charge < -0.3 is 4.74 Å². The maximum Gasteiger partial charge on any atom is 0.270 e. The number of benzene rings is 3. The minimum absolute atomic E-state index is 0.0855. The van der Waals surface area contributed by atoms with Gasteiger partial charge in [0.1, 0.15) is 5.75 Å². The normalized spacial score (nSPS) is 15.6. The molecule has 5 heteroatoms. The van der Waals surface area contributed by atoms with Crippen LogP contribution in [0.4, 0.5) is 5.69 Å².